The van der Waals surface area contributed by atoms with Crippen molar-refractivity contribution < 1.29 is 19.2 Å². The minimum Gasteiger partial charge on any atom is -0.504 e. The average Bonchev–Trinajstić information content (AvgIpc) is 3.08. The molecule has 0 unspecified atom stereocenters. The number of carbonyl (C=O) groups is 1. The molecule has 7 nitrogen and oxygen atoms in total. The summed E-state index contributed by atoms with van der Waals surface area (Å²) < 4.78 is 10.2. The molecule has 3 aromatic rings. The number of amides is 1. The highest BCUT2D eigenvalue weighted by Gasteiger charge is 2.16. The third-order valence-corrected chi connectivity index (χ3v) is 3.71. The van der Waals surface area contributed by atoms with Gasteiger partial charge in [-0.05, 0) is 31.2 Å². The molecule has 0 saturated heterocycles. The highest BCUT2D eigenvalue weighted by molar-refractivity contribution is 6.30. The van der Waals surface area contributed by atoms with Gasteiger partial charge >= 0.3 is 0 Å². The molecule has 3 rings (SSSR count). The molecule has 0 fully saturated rings. The fourth-order valence-electron chi connectivity index (χ4n) is 2.18. The maximum absolute atomic E-state index is 12.3. The van der Waals surface area contributed by atoms with Gasteiger partial charge in [0.2, 0.25) is 0 Å². The number of pyridine rings is 1. The molecule has 1 amide bonds. The summed E-state index contributed by atoms with van der Waals surface area (Å²) in [5.74, 6) is 0.178. The molecule has 0 radical (unpaired) electrons. The second kappa shape index (κ2) is 6.82. The van der Waals surface area contributed by atoms with E-state index in [4.69, 9.17) is 20.9 Å². The van der Waals surface area contributed by atoms with E-state index in [9.17, 15) is 9.90 Å². The van der Waals surface area contributed by atoms with E-state index in [-0.39, 0.29) is 11.4 Å². The van der Waals surface area contributed by atoms with Crippen molar-refractivity contribution in [2.75, 3.05) is 12.4 Å². The van der Waals surface area contributed by atoms with Crippen LogP contribution in [0.15, 0.2) is 41.1 Å². The zero-order valence-corrected chi connectivity index (χ0v) is 14.2. The van der Waals surface area contributed by atoms with Gasteiger partial charge in [0.15, 0.2) is 23.0 Å². The Morgan fingerprint density at radius 2 is 2.12 bits per heavy atom. The number of rotatable bonds is 4. The molecule has 0 aliphatic carbocycles. The smallest absolute Gasteiger partial charge is 0.277 e. The highest BCUT2D eigenvalue weighted by atomic mass is 35.5. The molecule has 0 bridgehead atoms. The average molecular weight is 360 g/mol. The molecular formula is C17H14ClN3O4. The molecule has 128 valence electrons. The van der Waals surface area contributed by atoms with Crippen molar-refractivity contribution in [1.82, 2.24) is 10.1 Å². The number of phenols is 1. The van der Waals surface area contributed by atoms with Crippen molar-refractivity contribution in [3.8, 4) is 22.8 Å². The molecule has 1 aromatic carbocycles. The summed E-state index contributed by atoms with van der Waals surface area (Å²) >= 11 is 5.89. The van der Waals surface area contributed by atoms with Crippen molar-refractivity contribution in [2.45, 2.75) is 6.92 Å². The van der Waals surface area contributed by atoms with Crippen LogP contribution >= 0.6 is 11.6 Å². The van der Waals surface area contributed by atoms with E-state index in [1.165, 1.54) is 25.4 Å². The number of benzene rings is 1. The number of carbonyl (C=O) groups excluding carboxylic acids is 1. The van der Waals surface area contributed by atoms with Gasteiger partial charge in [0.05, 0.1) is 23.5 Å². The summed E-state index contributed by atoms with van der Waals surface area (Å²) in [5.41, 5.74) is 1.76. The van der Waals surface area contributed by atoms with Crippen LogP contribution < -0.4 is 10.1 Å². The number of anilines is 1. The van der Waals surface area contributed by atoms with E-state index in [1.807, 2.05) is 0 Å². The second-order valence-electron chi connectivity index (χ2n) is 5.20. The first-order valence-electron chi connectivity index (χ1n) is 7.25. The molecule has 25 heavy (non-hydrogen) atoms. The molecule has 0 spiro atoms. The summed E-state index contributed by atoms with van der Waals surface area (Å²) in [6.07, 6.45) is 1.50. The largest absolute Gasteiger partial charge is 0.504 e. The fraction of sp³-hybridized carbons (Fsp3) is 0.118. The van der Waals surface area contributed by atoms with E-state index < -0.39 is 5.91 Å². The quantitative estimate of drug-likeness (QED) is 0.737. The number of hydrogen-bond acceptors (Lipinski definition) is 6. The SMILES string of the molecule is COc1ccc(-c2cc(C(=O)Nc3cc(Cl)cnc3C)no2)cc1O. The molecule has 8 heteroatoms. The Labute approximate surface area is 148 Å². The lowest BCUT2D eigenvalue weighted by atomic mass is 10.1. The van der Waals surface area contributed by atoms with Crippen molar-refractivity contribution in [3.63, 3.8) is 0 Å². The standard InChI is InChI=1S/C17H14ClN3O4/c1-9-12(6-11(18)8-19-9)20-17(23)13-7-16(25-21-13)10-3-4-15(24-2)14(22)5-10/h3-8,22H,1-2H3,(H,20,23). The van der Waals surface area contributed by atoms with Crippen LogP contribution in [0.1, 0.15) is 16.2 Å². The number of nitrogens with zero attached hydrogens (tertiary/aromatic N) is 2. The van der Waals surface area contributed by atoms with Gasteiger partial charge in [0.1, 0.15) is 0 Å². The number of hydrogen-bond donors (Lipinski definition) is 2. The van der Waals surface area contributed by atoms with Gasteiger partial charge in [0.25, 0.3) is 5.91 Å². The summed E-state index contributed by atoms with van der Waals surface area (Å²) in [5, 5.41) is 16.7. The zero-order valence-electron chi connectivity index (χ0n) is 13.4. The maximum atomic E-state index is 12.3. The maximum Gasteiger partial charge on any atom is 0.277 e. The molecule has 0 aliphatic rings. The Hall–Kier alpha value is -3.06. The Morgan fingerprint density at radius 3 is 2.84 bits per heavy atom. The Balaban J connectivity index is 1.82. The fourth-order valence-corrected chi connectivity index (χ4v) is 2.34. The molecule has 0 atom stereocenters. The van der Waals surface area contributed by atoms with Gasteiger partial charge in [-0.25, -0.2) is 0 Å². The predicted octanol–water partition coefficient (Wildman–Crippen LogP) is 3.66. The van der Waals surface area contributed by atoms with E-state index in [2.05, 4.69) is 15.5 Å². The zero-order chi connectivity index (χ0) is 18.0. The number of aryl methyl sites for hydroxylation is 1. The van der Waals surface area contributed by atoms with Crippen LogP contribution in [0.3, 0.4) is 0 Å². The van der Waals surface area contributed by atoms with Crippen LogP contribution in [0.5, 0.6) is 11.5 Å². The number of methoxy groups -OCH3 is 1. The number of aromatic nitrogens is 2. The molecule has 2 N–H and O–H groups in total. The summed E-state index contributed by atoms with van der Waals surface area (Å²) in [7, 11) is 1.46. The van der Waals surface area contributed by atoms with Gasteiger partial charge in [-0.1, -0.05) is 16.8 Å². The molecule has 0 saturated carbocycles. The van der Waals surface area contributed by atoms with Gasteiger partial charge in [-0.15, -0.1) is 0 Å². The van der Waals surface area contributed by atoms with Gasteiger partial charge in [0, 0.05) is 17.8 Å². The first-order chi connectivity index (χ1) is 12.0. The first-order valence-corrected chi connectivity index (χ1v) is 7.63. The summed E-state index contributed by atoms with van der Waals surface area (Å²) in [6.45, 7) is 1.75. The molecular weight excluding hydrogens is 346 g/mol. The topological polar surface area (TPSA) is 97.5 Å². The Morgan fingerprint density at radius 1 is 1.32 bits per heavy atom. The van der Waals surface area contributed by atoms with E-state index in [0.717, 1.165) is 0 Å². The second-order valence-corrected chi connectivity index (χ2v) is 5.64. The van der Waals surface area contributed by atoms with Crippen LogP contribution in [-0.2, 0) is 0 Å². The van der Waals surface area contributed by atoms with Crippen LogP contribution in [0.25, 0.3) is 11.3 Å². The third-order valence-electron chi connectivity index (χ3n) is 3.51. The van der Waals surface area contributed by atoms with Gasteiger partial charge in [-0.3, -0.25) is 9.78 Å². The lowest BCUT2D eigenvalue weighted by molar-refractivity contribution is 0.101. The van der Waals surface area contributed by atoms with E-state index >= 15 is 0 Å². The van der Waals surface area contributed by atoms with E-state index in [1.54, 1.807) is 25.1 Å². The van der Waals surface area contributed by atoms with Crippen molar-refractivity contribution in [2.24, 2.45) is 0 Å². The summed E-state index contributed by atoms with van der Waals surface area (Å²) in [4.78, 5) is 16.4. The number of ether oxygens (including phenoxy) is 1. The van der Waals surface area contributed by atoms with Crippen LogP contribution in [0, 0.1) is 6.92 Å². The lowest BCUT2D eigenvalue weighted by Crippen LogP contribution is -2.13. The number of halogens is 1. The van der Waals surface area contributed by atoms with E-state index in [0.29, 0.717) is 33.5 Å². The monoisotopic (exact) mass is 359 g/mol. The lowest BCUT2D eigenvalue weighted by Gasteiger charge is -2.06. The normalized spacial score (nSPS) is 10.5. The first kappa shape index (κ1) is 16.8. The van der Waals surface area contributed by atoms with Crippen molar-refractivity contribution >= 4 is 23.2 Å². The van der Waals surface area contributed by atoms with Gasteiger partial charge < -0.3 is 19.7 Å². The number of aromatic hydroxyl groups is 1. The van der Waals surface area contributed by atoms with Crippen LogP contribution in [-0.4, -0.2) is 28.3 Å². The van der Waals surface area contributed by atoms with Crippen LogP contribution in [0.4, 0.5) is 5.69 Å². The molecule has 2 aromatic heterocycles. The Kier molecular flexibility index (Phi) is 4.58. The van der Waals surface area contributed by atoms with Crippen LogP contribution in [0.2, 0.25) is 5.02 Å². The minimum absolute atomic E-state index is 0.0389. The third kappa shape index (κ3) is 3.56. The predicted molar refractivity (Wildman–Crippen MR) is 92.1 cm³/mol. The minimum atomic E-state index is -0.458. The molecule has 2 heterocycles. The summed E-state index contributed by atoms with van der Waals surface area (Å²) in [6, 6.07) is 7.82. The van der Waals surface area contributed by atoms with Crippen molar-refractivity contribution in [1.29, 1.82) is 0 Å². The molecule has 0 aliphatic heterocycles. The highest BCUT2D eigenvalue weighted by Crippen LogP contribution is 2.31. The Bertz CT molecular complexity index is 939. The van der Waals surface area contributed by atoms with Gasteiger partial charge in [-0.2, -0.15) is 0 Å². The van der Waals surface area contributed by atoms with Crippen molar-refractivity contribution in [3.05, 3.63) is 52.9 Å². The number of phenolic OH excluding ortho intramolecular Hbond substituents is 1. The number of nitrogens with one attached hydrogen (secondary N) is 1.